The molecule has 0 radical (unpaired) electrons. The van der Waals surface area contributed by atoms with Gasteiger partial charge in [-0.05, 0) is 36.4 Å². The van der Waals surface area contributed by atoms with Gasteiger partial charge in [0.05, 0.1) is 30.0 Å². The van der Waals surface area contributed by atoms with Gasteiger partial charge in [0.1, 0.15) is 0 Å². The zero-order chi connectivity index (χ0) is 20.3. The molecule has 0 saturated carbocycles. The third kappa shape index (κ3) is 3.55. The third-order valence-electron chi connectivity index (χ3n) is 4.92. The summed E-state index contributed by atoms with van der Waals surface area (Å²) in [6, 6.07) is 18.6. The first-order valence-electron chi connectivity index (χ1n) is 9.79. The van der Waals surface area contributed by atoms with Crippen molar-refractivity contribution in [3.63, 3.8) is 0 Å². The number of carbonyl (C=O) groups is 1. The lowest BCUT2D eigenvalue weighted by Gasteiger charge is -2.12. The Labute approximate surface area is 173 Å². The van der Waals surface area contributed by atoms with Crippen molar-refractivity contribution in [1.82, 2.24) is 9.97 Å². The van der Waals surface area contributed by atoms with E-state index in [2.05, 4.69) is 10.3 Å². The summed E-state index contributed by atoms with van der Waals surface area (Å²) in [5, 5.41) is 3.77. The number of rotatable bonds is 3. The van der Waals surface area contributed by atoms with Gasteiger partial charge in [0.2, 0.25) is 0 Å². The fraction of sp³-hybridized carbons (Fsp3) is 0.125. The number of ether oxygens (including phenoxy) is 2. The van der Waals surface area contributed by atoms with E-state index in [1.165, 1.54) is 0 Å². The van der Waals surface area contributed by atoms with Crippen LogP contribution < -0.4 is 14.8 Å². The predicted octanol–water partition coefficient (Wildman–Crippen LogP) is 4.71. The van der Waals surface area contributed by atoms with E-state index in [1.807, 2.05) is 48.5 Å². The van der Waals surface area contributed by atoms with Gasteiger partial charge in [0.25, 0.3) is 5.91 Å². The van der Waals surface area contributed by atoms with Gasteiger partial charge in [-0.3, -0.25) is 9.78 Å². The van der Waals surface area contributed by atoms with Crippen LogP contribution in [0.5, 0.6) is 11.5 Å². The van der Waals surface area contributed by atoms with Crippen LogP contribution in [0, 0.1) is 0 Å². The number of amides is 1. The number of carbonyl (C=O) groups excluding carboxylic acids is 1. The average Bonchev–Trinajstić information content (AvgIpc) is 3.04. The van der Waals surface area contributed by atoms with Crippen molar-refractivity contribution < 1.29 is 14.3 Å². The fourth-order valence-corrected chi connectivity index (χ4v) is 3.46. The number of anilines is 1. The van der Waals surface area contributed by atoms with Gasteiger partial charge in [-0.1, -0.05) is 18.2 Å². The first-order chi connectivity index (χ1) is 14.8. The zero-order valence-electron chi connectivity index (χ0n) is 16.2. The predicted molar refractivity (Wildman–Crippen MR) is 115 cm³/mol. The van der Waals surface area contributed by atoms with Crippen molar-refractivity contribution in [3.05, 3.63) is 78.6 Å². The van der Waals surface area contributed by atoms with E-state index in [1.54, 1.807) is 24.5 Å². The Morgan fingerprint density at radius 1 is 0.933 bits per heavy atom. The van der Waals surface area contributed by atoms with Gasteiger partial charge in [-0.2, -0.15) is 0 Å². The van der Waals surface area contributed by atoms with Crippen LogP contribution in [0.1, 0.15) is 16.8 Å². The summed E-state index contributed by atoms with van der Waals surface area (Å²) in [5.41, 5.74) is 3.50. The maximum Gasteiger partial charge on any atom is 0.256 e. The quantitative estimate of drug-likeness (QED) is 0.542. The largest absolute Gasteiger partial charge is 0.490 e. The minimum atomic E-state index is -0.215. The molecule has 1 aliphatic rings. The number of nitrogens with zero attached hydrogens (tertiary/aromatic N) is 2. The molecule has 6 heteroatoms. The van der Waals surface area contributed by atoms with Gasteiger partial charge in [-0.15, -0.1) is 0 Å². The minimum Gasteiger partial charge on any atom is -0.490 e. The van der Waals surface area contributed by atoms with E-state index in [0.29, 0.717) is 41.7 Å². The first-order valence-corrected chi connectivity index (χ1v) is 9.79. The molecular formula is C24H19N3O3. The Morgan fingerprint density at radius 3 is 2.67 bits per heavy atom. The van der Waals surface area contributed by atoms with Crippen LogP contribution in [-0.2, 0) is 0 Å². The Kier molecular flexibility index (Phi) is 4.73. The highest BCUT2D eigenvalue weighted by Gasteiger charge is 2.16. The van der Waals surface area contributed by atoms with E-state index in [4.69, 9.17) is 14.5 Å². The molecule has 5 rings (SSSR count). The molecule has 148 valence electrons. The van der Waals surface area contributed by atoms with Crippen molar-refractivity contribution in [3.8, 4) is 22.8 Å². The van der Waals surface area contributed by atoms with Gasteiger partial charge in [-0.25, -0.2) is 4.98 Å². The van der Waals surface area contributed by atoms with E-state index in [-0.39, 0.29) is 5.91 Å². The molecule has 2 aromatic carbocycles. The second kappa shape index (κ2) is 7.83. The smallest absolute Gasteiger partial charge is 0.256 e. The lowest BCUT2D eigenvalue weighted by molar-refractivity contribution is 0.102. The Bertz CT molecular complexity index is 1230. The number of pyridine rings is 2. The van der Waals surface area contributed by atoms with Crippen LogP contribution in [-0.4, -0.2) is 29.1 Å². The van der Waals surface area contributed by atoms with Crippen molar-refractivity contribution in [2.45, 2.75) is 6.42 Å². The van der Waals surface area contributed by atoms with Crippen molar-refractivity contribution >= 4 is 22.5 Å². The lowest BCUT2D eigenvalue weighted by atomic mass is 10.0. The molecule has 6 nitrogen and oxygen atoms in total. The van der Waals surface area contributed by atoms with Crippen molar-refractivity contribution in [2.24, 2.45) is 0 Å². The molecular weight excluding hydrogens is 378 g/mol. The van der Waals surface area contributed by atoms with Crippen LogP contribution in [0.2, 0.25) is 0 Å². The Hall–Kier alpha value is -3.93. The van der Waals surface area contributed by atoms with Crippen LogP contribution in [0.4, 0.5) is 5.69 Å². The number of para-hydroxylation sites is 1. The summed E-state index contributed by atoms with van der Waals surface area (Å²) in [5.74, 6) is 1.12. The van der Waals surface area contributed by atoms with Gasteiger partial charge in [0, 0.05) is 41.5 Å². The molecule has 1 N–H and O–H groups in total. The summed E-state index contributed by atoms with van der Waals surface area (Å²) < 4.78 is 11.4. The summed E-state index contributed by atoms with van der Waals surface area (Å²) in [6.45, 7) is 1.21. The number of nitrogens with one attached hydrogen (secondary N) is 1. The Morgan fingerprint density at radius 2 is 1.80 bits per heavy atom. The lowest BCUT2D eigenvalue weighted by Crippen LogP contribution is -2.13. The molecule has 0 atom stereocenters. The number of hydrogen-bond acceptors (Lipinski definition) is 5. The molecule has 0 aliphatic carbocycles. The first kappa shape index (κ1) is 18.1. The molecule has 0 saturated heterocycles. The number of fused-ring (bicyclic) bond motifs is 2. The molecule has 4 aromatic rings. The Balaban J connectivity index is 1.52. The second-order valence-corrected chi connectivity index (χ2v) is 6.98. The maximum absolute atomic E-state index is 13.2. The molecule has 1 aliphatic heterocycles. The summed E-state index contributed by atoms with van der Waals surface area (Å²) in [4.78, 5) is 22.1. The molecule has 1 amide bonds. The highest BCUT2D eigenvalue weighted by molar-refractivity contribution is 6.13. The van der Waals surface area contributed by atoms with Crippen LogP contribution in [0.15, 0.2) is 73.1 Å². The van der Waals surface area contributed by atoms with Gasteiger partial charge >= 0.3 is 0 Å². The molecule has 0 bridgehead atoms. The summed E-state index contributed by atoms with van der Waals surface area (Å²) >= 11 is 0. The summed E-state index contributed by atoms with van der Waals surface area (Å²) in [7, 11) is 0. The van der Waals surface area contributed by atoms with Gasteiger partial charge < -0.3 is 14.8 Å². The van der Waals surface area contributed by atoms with Crippen LogP contribution >= 0.6 is 0 Å². The standard InChI is InChI=1S/C24H19N3O3/c28-24(26-17-8-9-22-23(13-17)30-12-4-11-29-22)19-14-21(16-5-3-10-25-15-16)27-20-7-2-1-6-18(19)20/h1-3,5-10,13-15H,4,11-12H2,(H,26,28). The highest BCUT2D eigenvalue weighted by atomic mass is 16.5. The molecule has 3 heterocycles. The number of aromatic nitrogens is 2. The van der Waals surface area contributed by atoms with Crippen LogP contribution in [0.3, 0.4) is 0 Å². The average molecular weight is 397 g/mol. The van der Waals surface area contributed by atoms with E-state index < -0.39 is 0 Å². The maximum atomic E-state index is 13.2. The molecule has 0 unspecified atom stereocenters. The third-order valence-corrected chi connectivity index (χ3v) is 4.92. The van der Waals surface area contributed by atoms with E-state index >= 15 is 0 Å². The minimum absolute atomic E-state index is 0.215. The molecule has 2 aromatic heterocycles. The second-order valence-electron chi connectivity index (χ2n) is 6.98. The zero-order valence-corrected chi connectivity index (χ0v) is 16.2. The van der Waals surface area contributed by atoms with Gasteiger partial charge in [0.15, 0.2) is 11.5 Å². The number of hydrogen-bond donors (Lipinski definition) is 1. The normalized spacial score (nSPS) is 12.9. The molecule has 30 heavy (non-hydrogen) atoms. The molecule has 0 spiro atoms. The van der Waals surface area contributed by atoms with Crippen molar-refractivity contribution in [1.29, 1.82) is 0 Å². The molecule has 0 fully saturated rings. The fourth-order valence-electron chi connectivity index (χ4n) is 3.46. The highest BCUT2D eigenvalue weighted by Crippen LogP contribution is 2.33. The van der Waals surface area contributed by atoms with E-state index in [0.717, 1.165) is 22.9 Å². The summed E-state index contributed by atoms with van der Waals surface area (Å²) in [6.07, 6.45) is 4.28. The number of benzene rings is 2. The topological polar surface area (TPSA) is 73.3 Å². The van der Waals surface area contributed by atoms with E-state index in [9.17, 15) is 4.79 Å². The van der Waals surface area contributed by atoms with Crippen LogP contribution in [0.25, 0.3) is 22.2 Å². The SMILES string of the molecule is O=C(Nc1ccc2c(c1)OCCCO2)c1cc(-c2cccnc2)nc2ccccc12. The van der Waals surface area contributed by atoms with Crippen molar-refractivity contribution in [2.75, 3.05) is 18.5 Å². The monoisotopic (exact) mass is 397 g/mol.